The molecule has 3 N–H and O–H groups in total. The summed E-state index contributed by atoms with van der Waals surface area (Å²) in [6.07, 6.45) is 4.30. The van der Waals surface area contributed by atoms with Crippen LogP contribution in [0.3, 0.4) is 0 Å². The molecule has 0 saturated carbocycles. The van der Waals surface area contributed by atoms with E-state index in [-0.39, 0.29) is 11.9 Å². The summed E-state index contributed by atoms with van der Waals surface area (Å²) >= 11 is 0. The van der Waals surface area contributed by atoms with Gasteiger partial charge in [-0.25, -0.2) is 5.01 Å². The van der Waals surface area contributed by atoms with Gasteiger partial charge >= 0.3 is 0 Å². The van der Waals surface area contributed by atoms with Gasteiger partial charge in [0, 0.05) is 13.1 Å². The van der Waals surface area contributed by atoms with Crippen molar-refractivity contribution in [2.75, 3.05) is 13.1 Å². The highest BCUT2D eigenvalue weighted by Gasteiger charge is 2.16. The standard InChI is InChI=1S/C9H19N3O/c1-2-8(10)9(13)11-12-6-4-3-5-7-12/h8H,2-7,10H2,1H3,(H,11,13). The van der Waals surface area contributed by atoms with Gasteiger partial charge in [0.1, 0.15) is 0 Å². The van der Waals surface area contributed by atoms with Gasteiger partial charge in [-0.15, -0.1) is 0 Å². The molecule has 0 aromatic rings. The van der Waals surface area contributed by atoms with E-state index in [0.29, 0.717) is 6.42 Å². The zero-order valence-corrected chi connectivity index (χ0v) is 8.25. The molecule has 4 heteroatoms. The summed E-state index contributed by atoms with van der Waals surface area (Å²) in [7, 11) is 0. The van der Waals surface area contributed by atoms with Crippen LogP contribution in [0.15, 0.2) is 0 Å². The maximum Gasteiger partial charge on any atom is 0.251 e. The lowest BCUT2D eigenvalue weighted by atomic mass is 10.2. The van der Waals surface area contributed by atoms with Gasteiger partial charge in [0.15, 0.2) is 0 Å². The maximum atomic E-state index is 11.4. The van der Waals surface area contributed by atoms with Crippen LogP contribution in [0.4, 0.5) is 0 Å². The fourth-order valence-electron chi connectivity index (χ4n) is 1.43. The van der Waals surface area contributed by atoms with Crippen LogP contribution in [0.1, 0.15) is 32.6 Å². The summed E-state index contributed by atoms with van der Waals surface area (Å²) in [6.45, 7) is 3.84. The first kappa shape index (κ1) is 10.5. The van der Waals surface area contributed by atoms with Crippen molar-refractivity contribution in [3.05, 3.63) is 0 Å². The molecule has 1 amide bonds. The predicted molar refractivity (Wildman–Crippen MR) is 51.8 cm³/mol. The molecule has 76 valence electrons. The van der Waals surface area contributed by atoms with Crippen LogP contribution < -0.4 is 11.2 Å². The normalized spacial score (nSPS) is 21.1. The lowest BCUT2D eigenvalue weighted by Gasteiger charge is -2.27. The summed E-state index contributed by atoms with van der Waals surface area (Å²) in [4.78, 5) is 11.4. The number of nitrogens with zero attached hydrogens (tertiary/aromatic N) is 1. The van der Waals surface area contributed by atoms with Crippen LogP contribution in [-0.2, 0) is 4.79 Å². The summed E-state index contributed by atoms with van der Waals surface area (Å²) < 4.78 is 0. The number of hydrogen-bond acceptors (Lipinski definition) is 3. The first-order valence-corrected chi connectivity index (χ1v) is 5.05. The fourth-order valence-corrected chi connectivity index (χ4v) is 1.43. The molecule has 1 rings (SSSR count). The molecule has 0 bridgehead atoms. The van der Waals surface area contributed by atoms with E-state index in [4.69, 9.17) is 5.73 Å². The Morgan fingerprint density at radius 1 is 1.46 bits per heavy atom. The largest absolute Gasteiger partial charge is 0.320 e. The van der Waals surface area contributed by atoms with Crippen LogP contribution in [0.5, 0.6) is 0 Å². The molecule has 1 aliphatic heterocycles. The molecule has 4 nitrogen and oxygen atoms in total. The second-order valence-corrected chi connectivity index (χ2v) is 3.54. The number of rotatable bonds is 3. The van der Waals surface area contributed by atoms with Gasteiger partial charge < -0.3 is 5.73 Å². The van der Waals surface area contributed by atoms with Crippen LogP contribution in [-0.4, -0.2) is 30.0 Å². The van der Waals surface area contributed by atoms with E-state index in [1.54, 1.807) is 0 Å². The van der Waals surface area contributed by atoms with E-state index in [1.165, 1.54) is 19.3 Å². The zero-order valence-electron chi connectivity index (χ0n) is 8.25. The van der Waals surface area contributed by atoms with Gasteiger partial charge in [0.25, 0.3) is 5.91 Å². The second-order valence-electron chi connectivity index (χ2n) is 3.54. The van der Waals surface area contributed by atoms with E-state index >= 15 is 0 Å². The average molecular weight is 185 g/mol. The number of carbonyl (C=O) groups excluding carboxylic acids is 1. The van der Waals surface area contributed by atoms with E-state index in [9.17, 15) is 4.79 Å². The van der Waals surface area contributed by atoms with Crippen molar-refractivity contribution in [1.29, 1.82) is 0 Å². The number of piperidine rings is 1. The van der Waals surface area contributed by atoms with Crippen molar-refractivity contribution in [3.8, 4) is 0 Å². The minimum Gasteiger partial charge on any atom is -0.320 e. The van der Waals surface area contributed by atoms with Crippen LogP contribution in [0, 0.1) is 0 Å². The van der Waals surface area contributed by atoms with Gasteiger partial charge in [0.2, 0.25) is 0 Å². The Hall–Kier alpha value is -0.610. The number of amides is 1. The van der Waals surface area contributed by atoms with Gasteiger partial charge in [0.05, 0.1) is 6.04 Å². The molecule has 0 aromatic heterocycles. The molecule has 0 spiro atoms. The highest BCUT2D eigenvalue weighted by Crippen LogP contribution is 2.05. The van der Waals surface area contributed by atoms with Gasteiger partial charge in [-0.05, 0) is 19.3 Å². The monoisotopic (exact) mass is 185 g/mol. The Morgan fingerprint density at radius 3 is 2.62 bits per heavy atom. The summed E-state index contributed by atoms with van der Waals surface area (Å²) in [5, 5.41) is 1.97. The molecule has 13 heavy (non-hydrogen) atoms. The molecule has 1 unspecified atom stereocenters. The highest BCUT2D eigenvalue weighted by atomic mass is 16.2. The maximum absolute atomic E-state index is 11.4. The van der Waals surface area contributed by atoms with Crippen LogP contribution >= 0.6 is 0 Å². The van der Waals surface area contributed by atoms with E-state index in [1.807, 2.05) is 11.9 Å². The first-order chi connectivity index (χ1) is 6.24. The molecular weight excluding hydrogens is 166 g/mol. The van der Waals surface area contributed by atoms with Gasteiger partial charge in [-0.1, -0.05) is 13.3 Å². The molecule has 0 aromatic carbocycles. The highest BCUT2D eigenvalue weighted by molar-refractivity contribution is 5.80. The molecular formula is C9H19N3O. The molecule has 0 aliphatic carbocycles. The van der Waals surface area contributed by atoms with E-state index in [2.05, 4.69) is 5.43 Å². The SMILES string of the molecule is CCC(N)C(=O)NN1CCCCC1. The number of carbonyl (C=O) groups is 1. The third-order valence-electron chi connectivity index (χ3n) is 2.40. The Bertz CT molecular complexity index is 166. The smallest absolute Gasteiger partial charge is 0.251 e. The van der Waals surface area contributed by atoms with Crippen molar-refractivity contribution in [3.63, 3.8) is 0 Å². The quantitative estimate of drug-likeness (QED) is 0.662. The first-order valence-electron chi connectivity index (χ1n) is 5.05. The van der Waals surface area contributed by atoms with Crippen molar-refractivity contribution in [2.24, 2.45) is 5.73 Å². The average Bonchev–Trinajstić information content (AvgIpc) is 2.18. The van der Waals surface area contributed by atoms with Gasteiger partial charge in [-0.2, -0.15) is 0 Å². The van der Waals surface area contributed by atoms with Crippen molar-refractivity contribution < 1.29 is 4.79 Å². The van der Waals surface area contributed by atoms with Crippen LogP contribution in [0.2, 0.25) is 0 Å². The molecule has 1 fully saturated rings. The second kappa shape index (κ2) is 5.19. The molecule has 1 heterocycles. The Labute approximate surface area is 79.4 Å². The lowest BCUT2D eigenvalue weighted by molar-refractivity contribution is -0.127. The Morgan fingerprint density at radius 2 is 2.08 bits per heavy atom. The molecule has 0 radical (unpaired) electrons. The minimum atomic E-state index is -0.359. The Kier molecular flexibility index (Phi) is 4.18. The van der Waals surface area contributed by atoms with Crippen molar-refractivity contribution in [2.45, 2.75) is 38.6 Å². The third-order valence-corrected chi connectivity index (χ3v) is 2.40. The number of nitrogens with one attached hydrogen (secondary N) is 1. The predicted octanol–water partition coefficient (Wildman–Crippen LogP) is 0.241. The van der Waals surface area contributed by atoms with E-state index < -0.39 is 0 Å². The number of hydrazine groups is 1. The van der Waals surface area contributed by atoms with Crippen molar-refractivity contribution >= 4 is 5.91 Å². The number of nitrogens with two attached hydrogens (primary N) is 1. The summed E-state index contributed by atoms with van der Waals surface area (Å²) in [6, 6.07) is -0.359. The van der Waals surface area contributed by atoms with Crippen LogP contribution in [0.25, 0.3) is 0 Å². The topological polar surface area (TPSA) is 58.4 Å². The number of hydrogen-bond donors (Lipinski definition) is 2. The summed E-state index contributed by atoms with van der Waals surface area (Å²) in [5.74, 6) is -0.0515. The molecule has 1 aliphatic rings. The lowest BCUT2D eigenvalue weighted by Crippen LogP contribution is -2.50. The molecule has 1 saturated heterocycles. The van der Waals surface area contributed by atoms with E-state index in [0.717, 1.165) is 13.1 Å². The molecule has 1 atom stereocenters. The third kappa shape index (κ3) is 3.32. The minimum absolute atomic E-state index is 0.0515. The summed E-state index contributed by atoms with van der Waals surface area (Å²) in [5.41, 5.74) is 8.43. The zero-order chi connectivity index (χ0) is 9.68. The van der Waals surface area contributed by atoms with Gasteiger partial charge in [-0.3, -0.25) is 10.2 Å². The Balaban J connectivity index is 2.26. The fraction of sp³-hybridized carbons (Fsp3) is 0.889. The van der Waals surface area contributed by atoms with Crippen molar-refractivity contribution in [1.82, 2.24) is 10.4 Å².